The van der Waals surface area contributed by atoms with Gasteiger partial charge in [0.2, 0.25) is 0 Å². The summed E-state index contributed by atoms with van der Waals surface area (Å²) in [5, 5.41) is 0. The first-order chi connectivity index (χ1) is 12.6. The van der Waals surface area contributed by atoms with Crippen molar-refractivity contribution in [3.8, 4) is 5.75 Å². The maximum absolute atomic E-state index is 14.2. The van der Waals surface area contributed by atoms with Gasteiger partial charge in [0, 0.05) is 24.2 Å². The molecule has 0 saturated carbocycles. The van der Waals surface area contributed by atoms with Crippen LogP contribution in [0.25, 0.3) is 0 Å². The highest BCUT2D eigenvalue weighted by Gasteiger charge is 2.25. The van der Waals surface area contributed by atoms with Crippen molar-refractivity contribution in [1.82, 2.24) is 4.90 Å². The fourth-order valence-corrected chi connectivity index (χ4v) is 3.44. The molecule has 3 rings (SSSR count). The van der Waals surface area contributed by atoms with Crippen LogP contribution in [0.3, 0.4) is 0 Å². The highest BCUT2D eigenvalue weighted by atomic mass is 79.9. The summed E-state index contributed by atoms with van der Waals surface area (Å²) in [6.45, 7) is 1.50. The summed E-state index contributed by atoms with van der Waals surface area (Å²) in [5.74, 6) is -0.149. The van der Waals surface area contributed by atoms with Crippen molar-refractivity contribution in [3.05, 3.63) is 63.9 Å². The molecule has 1 saturated heterocycles. The molecule has 0 aliphatic carbocycles. The Morgan fingerprint density at radius 1 is 1.35 bits per heavy atom. The number of ether oxygens (including phenoxy) is 2. The summed E-state index contributed by atoms with van der Waals surface area (Å²) in [7, 11) is 1.60. The lowest BCUT2D eigenvalue weighted by molar-refractivity contribution is 0.0503. The smallest absolute Gasteiger partial charge is 0.257 e. The van der Waals surface area contributed by atoms with E-state index in [0.29, 0.717) is 24.2 Å². The number of benzene rings is 2. The van der Waals surface area contributed by atoms with Gasteiger partial charge in [-0.05, 0) is 48.7 Å². The van der Waals surface area contributed by atoms with Crippen LogP contribution < -0.4 is 4.74 Å². The quantitative estimate of drug-likeness (QED) is 0.692. The normalized spacial score (nSPS) is 16.5. The number of hydrogen-bond donors (Lipinski definition) is 0. The van der Waals surface area contributed by atoms with Crippen LogP contribution in [0.15, 0.2) is 46.9 Å². The molecular formula is C20H21BrFNO3. The van der Waals surface area contributed by atoms with Gasteiger partial charge in [-0.25, -0.2) is 4.39 Å². The summed E-state index contributed by atoms with van der Waals surface area (Å²) in [6.07, 6.45) is 1.87. The topological polar surface area (TPSA) is 38.8 Å². The lowest BCUT2D eigenvalue weighted by Gasteiger charge is -2.26. The maximum atomic E-state index is 14.2. The molecular weight excluding hydrogens is 401 g/mol. The van der Waals surface area contributed by atoms with E-state index in [1.54, 1.807) is 18.1 Å². The number of carbonyl (C=O) groups excluding carboxylic acids is 1. The monoisotopic (exact) mass is 421 g/mol. The Kier molecular flexibility index (Phi) is 6.27. The largest absolute Gasteiger partial charge is 0.497 e. The molecule has 4 nitrogen and oxygen atoms in total. The molecule has 2 aromatic carbocycles. The molecule has 0 radical (unpaired) electrons. The molecule has 1 amide bonds. The van der Waals surface area contributed by atoms with Gasteiger partial charge in [-0.15, -0.1) is 0 Å². The van der Waals surface area contributed by atoms with E-state index in [2.05, 4.69) is 15.9 Å². The van der Waals surface area contributed by atoms with E-state index in [9.17, 15) is 9.18 Å². The predicted octanol–water partition coefficient (Wildman–Crippen LogP) is 4.42. The van der Waals surface area contributed by atoms with Crippen LogP contribution in [-0.2, 0) is 11.3 Å². The van der Waals surface area contributed by atoms with Gasteiger partial charge in [0.15, 0.2) is 0 Å². The zero-order valence-electron chi connectivity index (χ0n) is 14.6. The van der Waals surface area contributed by atoms with Crippen molar-refractivity contribution in [3.63, 3.8) is 0 Å². The van der Waals surface area contributed by atoms with E-state index in [-0.39, 0.29) is 17.6 Å². The molecule has 1 atom stereocenters. The number of nitrogens with zero attached hydrogens (tertiary/aromatic N) is 1. The minimum Gasteiger partial charge on any atom is -0.497 e. The van der Waals surface area contributed by atoms with Crippen molar-refractivity contribution in [2.45, 2.75) is 25.5 Å². The summed E-state index contributed by atoms with van der Waals surface area (Å²) >= 11 is 3.31. The molecule has 2 aromatic rings. The lowest BCUT2D eigenvalue weighted by Crippen LogP contribution is -2.37. The average Bonchev–Trinajstić information content (AvgIpc) is 3.16. The first kappa shape index (κ1) is 18.9. The molecule has 1 heterocycles. The van der Waals surface area contributed by atoms with Gasteiger partial charge in [-0.2, -0.15) is 0 Å². The Labute approximate surface area is 161 Å². The van der Waals surface area contributed by atoms with Crippen molar-refractivity contribution in [1.29, 1.82) is 0 Å². The van der Waals surface area contributed by atoms with Crippen LogP contribution in [-0.4, -0.2) is 37.2 Å². The first-order valence-corrected chi connectivity index (χ1v) is 9.35. The van der Waals surface area contributed by atoms with Crippen LogP contribution in [0, 0.1) is 5.82 Å². The Balaban J connectivity index is 1.86. The number of halogens is 2. The van der Waals surface area contributed by atoms with E-state index >= 15 is 0 Å². The zero-order valence-corrected chi connectivity index (χ0v) is 16.2. The molecule has 0 spiro atoms. The third kappa shape index (κ3) is 4.62. The molecule has 0 aromatic heterocycles. The fourth-order valence-electron chi connectivity index (χ4n) is 3.08. The van der Waals surface area contributed by atoms with E-state index in [1.807, 2.05) is 24.3 Å². The van der Waals surface area contributed by atoms with Crippen LogP contribution in [0.5, 0.6) is 5.75 Å². The molecule has 0 bridgehead atoms. The number of carbonyl (C=O) groups is 1. The van der Waals surface area contributed by atoms with Gasteiger partial charge in [-0.1, -0.05) is 28.1 Å². The van der Waals surface area contributed by atoms with Crippen molar-refractivity contribution in [2.75, 3.05) is 20.3 Å². The van der Waals surface area contributed by atoms with Gasteiger partial charge in [0.05, 0.1) is 18.8 Å². The van der Waals surface area contributed by atoms with Gasteiger partial charge < -0.3 is 14.4 Å². The van der Waals surface area contributed by atoms with Gasteiger partial charge in [0.1, 0.15) is 11.6 Å². The number of amides is 1. The van der Waals surface area contributed by atoms with E-state index in [4.69, 9.17) is 9.47 Å². The van der Waals surface area contributed by atoms with E-state index in [0.717, 1.165) is 24.2 Å². The van der Waals surface area contributed by atoms with Crippen molar-refractivity contribution in [2.24, 2.45) is 0 Å². The second kappa shape index (κ2) is 8.64. The molecule has 1 fully saturated rings. The Bertz CT molecular complexity index is 777. The minimum absolute atomic E-state index is 0.0141. The van der Waals surface area contributed by atoms with Crippen molar-refractivity contribution >= 4 is 21.8 Å². The molecule has 0 N–H and O–H groups in total. The molecule has 1 aliphatic rings. The maximum Gasteiger partial charge on any atom is 0.257 e. The van der Waals surface area contributed by atoms with E-state index < -0.39 is 5.82 Å². The van der Waals surface area contributed by atoms with Crippen LogP contribution in [0.1, 0.15) is 28.8 Å². The Hall–Kier alpha value is -1.92. The summed E-state index contributed by atoms with van der Waals surface area (Å²) in [4.78, 5) is 14.7. The highest BCUT2D eigenvalue weighted by molar-refractivity contribution is 9.10. The Morgan fingerprint density at radius 3 is 2.92 bits per heavy atom. The predicted molar refractivity (Wildman–Crippen MR) is 101 cm³/mol. The van der Waals surface area contributed by atoms with Crippen LogP contribution in [0.2, 0.25) is 0 Å². The molecule has 26 heavy (non-hydrogen) atoms. The second-order valence-corrected chi connectivity index (χ2v) is 7.21. The molecule has 138 valence electrons. The Morgan fingerprint density at radius 2 is 2.19 bits per heavy atom. The summed E-state index contributed by atoms with van der Waals surface area (Å²) in [6, 6.07) is 11.9. The van der Waals surface area contributed by atoms with Gasteiger partial charge >= 0.3 is 0 Å². The third-order valence-corrected chi connectivity index (χ3v) is 4.89. The zero-order chi connectivity index (χ0) is 18.5. The second-order valence-electron chi connectivity index (χ2n) is 6.30. The number of methoxy groups -OCH3 is 1. The SMILES string of the molecule is COc1cccc(CN(CC2CCCO2)C(=O)c2cc(Br)ccc2F)c1. The standard InChI is InChI=1S/C20H21BrFNO3/c1-25-16-5-2-4-14(10-16)12-23(13-17-6-3-9-26-17)20(24)18-11-15(21)7-8-19(18)22/h2,4-5,7-8,10-11,17H,3,6,9,12-13H2,1H3. The highest BCUT2D eigenvalue weighted by Crippen LogP contribution is 2.22. The van der Waals surface area contributed by atoms with Gasteiger partial charge in [-0.3, -0.25) is 4.79 Å². The van der Waals surface area contributed by atoms with E-state index in [1.165, 1.54) is 12.1 Å². The number of rotatable bonds is 6. The lowest BCUT2D eigenvalue weighted by atomic mass is 10.1. The van der Waals surface area contributed by atoms with Crippen LogP contribution >= 0.6 is 15.9 Å². The average molecular weight is 422 g/mol. The fraction of sp³-hybridized carbons (Fsp3) is 0.350. The van der Waals surface area contributed by atoms with Crippen LogP contribution in [0.4, 0.5) is 4.39 Å². The number of hydrogen-bond acceptors (Lipinski definition) is 3. The first-order valence-electron chi connectivity index (χ1n) is 8.55. The van der Waals surface area contributed by atoms with Crippen molar-refractivity contribution < 1.29 is 18.7 Å². The molecule has 1 unspecified atom stereocenters. The minimum atomic E-state index is -0.527. The summed E-state index contributed by atoms with van der Waals surface area (Å²) < 4.78 is 25.8. The summed E-state index contributed by atoms with van der Waals surface area (Å²) in [5.41, 5.74) is 0.978. The molecule has 1 aliphatic heterocycles. The third-order valence-electron chi connectivity index (χ3n) is 4.40. The van der Waals surface area contributed by atoms with Gasteiger partial charge in [0.25, 0.3) is 5.91 Å². The molecule has 6 heteroatoms.